The molecular weight excluding hydrogens is 539 g/mol. The molecule has 4 rings (SSSR count). The van der Waals surface area contributed by atoms with Crippen molar-refractivity contribution in [3.8, 4) is 11.6 Å². The Morgan fingerprint density at radius 3 is 1.61 bits per heavy atom. The summed E-state index contributed by atoms with van der Waals surface area (Å²) in [5.74, 6) is 1.11. The zero-order chi connectivity index (χ0) is 19.0. The molecule has 4 heterocycles. The second kappa shape index (κ2) is 7.56. The van der Waals surface area contributed by atoms with Gasteiger partial charge < -0.3 is 29.2 Å². The Morgan fingerprint density at radius 1 is 0.821 bits per heavy atom. The quantitative estimate of drug-likeness (QED) is 0.372. The molecule has 0 fully saturated rings. The average Bonchev–Trinajstić information content (AvgIpc) is 3.30. The van der Waals surface area contributed by atoms with Crippen molar-refractivity contribution in [3.63, 3.8) is 0 Å². The van der Waals surface area contributed by atoms with E-state index in [9.17, 15) is 9.59 Å². The summed E-state index contributed by atoms with van der Waals surface area (Å²) in [7, 11) is 0. The van der Waals surface area contributed by atoms with Crippen molar-refractivity contribution in [2.24, 2.45) is 0 Å². The van der Waals surface area contributed by atoms with E-state index >= 15 is 0 Å². The summed E-state index contributed by atoms with van der Waals surface area (Å²) in [5, 5.41) is 5.26. The van der Waals surface area contributed by atoms with Crippen LogP contribution in [0, 0.1) is 12.4 Å². The Bertz CT molecular complexity index is 1120. The first-order valence-corrected chi connectivity index (χ1v) is 8.29. The molecule has 9 heteroatoms. The number of aromatic nitrogens is 6. The number of hydrogen-bond acceptors (Lipinski definition) is 4. The molecule has 0 aliphatic carbocycles. The van der Waals surface area contributed by atoms with Gasteiger partial charge >= 0.3 is 21.1 Å². The van der Waals surface area contributed by atoms with Gasteiger partial charge in [-0.15, -0.1) is 0 Å². The van der Waals surface area contributed by atoms with Crippen molar-refractivity contribution in [3.05, 3.63) is 93.0 Å². The fraction of sp³-hybridized carbons (Fsp3) is 0.158. The zero-order valence-electron chi connectivity index (χ0n) is 15.0. The molecule has 144 valence electrons. The minimum atomic E-state index is -0.521. The number of rotatable bonds is 4. The van der Waals surface area contributed by atoms with Gasteiger partial charge in [-0.3, -0.25) is 9.97 Å². The molecule has 28 heavy (non-hydrogen) atoms. The van der Waals surface area contributed by atoms with E-state index in [1.54, 1.807) is 12.1 Å². The van der Waals surface area contributed by atoms with Crippen molar-refractivity contribution < 1.29 is 21.1 Å². The van der Waals surface area contributed by atoms with E-state index in [1.807, 2.05) is 38.1 Å². The van der Waals surface area contributed by atoms with Crippen LogP contribution >= 0.6 is 0 Å². The number of pyridine rings is 2. The van der Waals surface area contributed by atoms with Crippen LogP contribution in [0.4, 0.5) is 0 Å². The third-order valence-corrected chi connectivity index (χ3v) is 4.30. The first-order valence-electron chi connectivity index (χ1n) is 8.29. The monoisotopic (exact) mass is 555 g/mol. The normalized spacial score (nSPS) is 11.2. The fourth-order valence-electron chi connectivity index (χ4n) is 2.77. The van der Waals surface area contributed by atoms with Crippen LogP contribution in [0.2, 0.25) is 0 Å². The zero-order valence-corrected chi connectivity index (χ0v) is 17.3. The van der Waals surface area contributed by atoms with Crippen LogP contribution in [0.15, 0.2) is 58.1 Å². The summed E-state index contributed by atoms with van der Waals surface area (Å²) >= 11 is 0. The van der Waals surface area contributed by atoms with E-state index in [0.717, 1.165) is 11.4 Å². The molecule has 0 aliphatic rings. The van der Waals surface area contributed by atoms with Crippen molar-refractivity contribution in [1.29, 1.82) is 0 Å². The molecule has 0 radical (unpaired) electrons. The minimum absolute atomic E-state index is 0. The molecule has 0 atom stereocenters. The smallest absolute Gasteiger partial charge is 0.363 e. The van der Waals surface area contributed by atoms with Crippen LogP contribution in [0.25, 0.3) is 11.6 Å². The topological polar surface area (TPSA) is 101 Å². The molecule has 0 saturated heterocycles. The van der Waals surface area contributed by atoms with E-state index in [4.69, 9.17) is 0 Å². The summed E-state index contributed by atoms with van der Waals surface area (Å²) < 4.78 is 2.90. The molecule has 4 aromatic heterocycles. The summed E-state index contributed by atoms with van der Waals surface area (Å²) in [6.07, 6.45) is 5.60. The Balaban J connectivity index is 0.00000225. The molecule has 8 nitrogen and oxygen atoms in total. The number of nitrogens with one attached hydrogen (secondary N) is 2. The largest absolute Gasteiger partial charge is 2.00 e. The molecule has 4 aromatic rings. The third-order valence-electron chi connectivity index (χ3n) is 4.30. The predicted molar refractivity (Wildman–Crippen MR) is 98.2 cm³/mol. The Labute approximate surface area is 174 Å². The number of aromatic amines is 2. The van der Waals surface area contributed by atoms with E-state index in [-0.39, 0.29) is 32.2 Å². The van der Waals surface area contributed by atoms with Gasteiger partial charge in [-0.2, -0.15) is 0 Å². The molecule has 0 amide bonds. The van der Waals surface area contributed by atoms with Crippen LogP contribution in [0.5, 0.6) is 0 Å². The van der Waals surface area contributed by atoms with Gasteiger partial charge in [-0.05, 0) is 26.0 Å². The Morgan fingerprint density at radius 2 is 1.25 bits per heavy atom. The summed E-state index contributed by atoms with van der Waals surface area (Å²) in [5.41, 5.74) is 0.545. The summed E-state index contributed by atoms with van der Waals surface area (Å²) in [6, 6.07) is 13.8. The van der Waals surface area contributed by atoms with Crippen LogP contribution < -0.4 is 11.1 Å². The second-order valence-electron chi connectivity index (χ2n) is 6.56. The molecule has 2 N–H and O–H groups in total. The van der Waals surface area contributed by atoms with E-state index < -0.39 is 5.41 Å². The summed E-state index contributed by atoms with van der Waals surface area (Å²) in [6.45, 7) is 4.02. The molecule has 0 saturated carbocycles. The van der Waals surface area contributed by atoms with Gasteiger partial charge in [-0.1, -0.05) is 48.8 Å². The van der Waals surface area contributed by atoms with Gasteiger partial charge in [-0.25, -0.2) is 0 Å². The van der Waals surface area contributed by atoms with Crippen molar-refractivity contribution >= 4 is 0 Å². The first-order chi connectivity index (χ1) is 12.9. The average molecular weight is 555 g/mol. The van der Waals surface area contributed by atoms with Gasteiger partial charge in [0.15, 0.2) is 11.1 Å². The van der Waals surface area contributed by atoms with Gasteiger partial charge in [0.1, 0.15) is 0 Å². The van der Waals surface area contributed by atoms with Crippen LogP contribution in [-0.2, 0) is 26.5 Å². The van der Waals surface area contributed by atoms with Gasteiger partial charge in [0.2, 0.25) is 0 Å². The molecule has 0 unspecified atom stereocenters. The van der Waals surface area contributed by atoms with E-state index in [2.05, 4.69) is 32.6 Å². The van der Waals surface area contributed by atoms with Crippen LogP contribution in [-0.4, -0.2) is 29.5 Å². The van der Waals surface area contributed by atoms with Crippen molar-refractivity contribution in [1.82, 2.24) is 29.5 Å². The van der Waals surface area contributed by atoms with Crippen LogP contribution in [0.1, 0.15) is 25.2 Å². The molecule has 0 spiro atoms. The van der Waals surface area contributed by atoms with E-state index in [1.165, 1.54) is 21.5 Å². The van der Waals surface area contributed by atoms with E-state index in [0.29, 0.717) is 11.6 Å². The maximum Gasteiger partial charge on any atom is 2.00 e. The maximum atomic E-state index is 11.4. The van der Waals surface area contributed by atoms with Crippen molar-refractivity contribution in [2.45, 2.75) is 19.3 Å². The second-order valence-corrected chi connectivity index (χ2v) is 6.56. The Kier molecular flexibility index (Phi) is 5.33. The standard InChI is InChI=1S/C19H16N6O2.Pt/c1-19(2,13-5-3-7-15(20-13)24-11-9-17(26)22-24)14-6-4-8-16(21-14)25-12-10-18(27)23-25;/h3-10H,1-2H3,(H,22,26)(H,23,27);/q-2;+2. The number of hydrogen-bond donors (Lipinski definition) is 2. The number of nitrogens with zero attached hydrogens (tertiary/aromatic N) is 4. The fourth-order valence-corrected chi connectivity index (χ4v) is 2.77. The van der Waals surface area contributed by atoms with Gasteiger partial charge in [0.05, 0.1) is 11.6 Å². The maximum absolute atomic E-state index is 11.4. The minimum Gasteiger partial charge on any atom is -0.363 e. The van der Waals surface area contributed by atoms with Gasteiger partial charge in [0.25, 0.3) is 0 Å². The molecular formula is C19H16N6O2Pt. The predicted octanol–water partition coefficient (Wildman–Crippen LogP) is 1.36. The Hall–Kier alpha value is -2.99. The van der Waals surface area contributed by atoms with Crippen molar-refractivity contribution in [2.75, 3.05) is 0 Å². The molecule has 0 aromatic carbocycles. The SMILES string of the molecule is CC(C)(c1cccc(-n2[c-]cc(=O)[nH]2)n1)c1cccc(-n2[c-]cc(=O)[nH]2)n1.[Pt+2]. The molecule has 0 aliphatic heterocycles. The summed E-state index contributed by atoms with van der Waals surface area (Å²) in [4.78, 5) is 32.1. The first kappa shape index (κ1) is 19.8. The number of H-pyrrole nitrogens is 2. The molecule has 0 bridgehead atoms. The van der Waals surface area contributed by atoms with Gasteiger partial charge in [0, 0.05) is 16.8 Å². The van der Waals surface area contributed by atoms with Crippen LogP contribution in [0.3, 0.4) is 0 Å². The third kappa shape index (κ3) is 3.68.